The summed E-state index contributed by atoms with van der Waals surface area (Å²) in [5, 5.41) is 26.6. The van der Waals surface area contributed by atoms with Crippen LogP contribution in [-0.2, 0) is 4.74 Å². The third-order valence-corrected chi connectivity index (χ3v) is 3.72. The molecule has 0 amide bonds. The van der Waals surface area contributed by atoms with Gasteiger partial charge in [0.2, 0.25) is 0 Å². The molecular formula is C15H27NO3S. The second-order valence-corrected chi connectivity index (χ2v) is 6.44. The molecule has 0 saturated carbocycles. The van der Waals surface area contributed by atoms with Gasteiger partial charge in [0.25, 0.3) is 0 Å². The van der Waals surface area contributed by atoms with E-state index in [1.54, 1.807) is 11.3 Å². The molecule has 0 aliphatic carbocycles. The maximum absolute atomic E-state index is 9.87. The lowest BCUT2D eigenvalue weighted by Crippen LogP contribution is -2.34. The average molecular weight is 301 g/mol. The first-order chi connectivity index (χ1) is 9.49. The van der Waals surface area contributed by atoms with E-state index < -0.39 is 12.2 Å². The van der Waals surface area contributed by atoms with Crippen LogP contribution in [0.1, 0.15) is 38.9 Å². The molecule has 4 nitrogen and oxygen atoms in total. The van der Waals surface area contributed by atoms with E-state index in [0.717, 1.165) is 12.0 Å². The van der Waals surface area contributed by atoms with Crippen molar-refractivity contribution in [2.45, 2.75) is 45.5 Å². The number of hydrogen-bond donors (Lipinski definition) is 3. The number of hydrogen-bond acceptors (Lipinski definition) is 5. The maximum Gasteiger partial charge on any atom is 0.0922 e. The predicted molar refractivity (Wildman–Crippen MR) is 83.0 cm³/mol. The van der Waals surface area contributed by atoms with Crippen LogP contribution in [0.25, 0.3) is 0 Å². The number of thiophene rings is 1. The Morgan fingerprint density at radius 2 is 2.00 bits per heavy atom. The standard InChI is InChI=1S/C15H27NO3S/c1-11(2)6-12(3)19-9-14(17)7-16-8-15(18)13-4-5-20-10-13/h4-5,10-12,14-18H,6-9H2,1-3H3. The number of aliphatic hydroxyl groups excluding tert-OH is 2. The molecule has 1 heterocycles. The largest absolute Gasteiger partial charge is 0.389 e. The fourth-order valence-corrected chi connectivity index (χ4v) is 2.74. The lowest BCUT2D eigenvalue weighted by Gasteiger charge is -2.19. The van der Waals surface area contributed by atoms with Gasteiger partial charge in [-0.15, -0.1) is 0 Å². The lowest BCUT2D eigenvalue weighted by atomic mass is 10.1. The second-order valence-electron chi connectivity index (χ2n) is 5.66. The summed E-state index contributed by atoms with van der Waals surface area (Å²) in [6, 6.07) is 1.91. The van der Waals surface area contributed by atoms with Crippen molar-refractivity contribution in [2.75, 3.05) is 19.7 Å². The van der Waals surface area contributed by atoms with Crippen LogP contribution in [0.3, 0.4) is 0 Å². The van der Waals surface area contributed by atoms with E-state index in [2.05, 4.69) is 19.2 Å². The molecule has 5 heteroatoms. The monoisotopic (exact) mass is 301 g/mol. The molecule has 0 bridgehead atoms. The van der Waals surface area contributed by atoms with E-state index in [0.29, 0.717) is 25.6 Å². The summed E-state index contributed by atoms with van der Waals surface area (Å²) in [6.45, 7) is 7.54. The van der Waals surface area contributed by atoms with Crippen molar-refractivity contribution < 1.29 is 14.9 Å². The number of nitrogens with one attached hydrogen (secondary N) is 1. The number of aliphatic hydroxyl groups is 2. The Morgan fingerprint density at radius 1 is 1.25 bits per heavy atom. The van der Waals surface area contributed by atoms with Crippen LogP contribution >= 0.6 is 11.3 Å². The smallest absolute Gasteiger partial charge is 0.0922 e. The van der Waals surface area contributed by atoms with Gasteiger partial charge in [0, 0.05) is 13.1 Å². The predicted octanol–water partition coefficient (Wildman–Crippen LogP) is 2.18. The van der Waals surface area contributed by atoms with Crippen LogP contribution in [0.4, 0.5) is 0 Å². The molecule has 0 fully saturated rings. The van der Waals surface area contributed by atoms with Crippen LogP contribution < -0.4 is 5.32 Å². The van der Waals surface area contributed by atoms with Crippen LogP contribution in [0, 0.1) is 5.92 Å². The zero-order chi connectivity index (χ0) is 15.0. The Labute approximate surface area is 125 Å². The molecule has 0 aliphatic heterocycles. The zero-order valence-electron chi connectivity index (χ0n) is 12.6. The van der Waals surface area contributed by atoms with Crippen LogP contribution in [-0.4, -0.2) is 42.1 Å². The van der Waals surface area contributed by atoms with Gasteiger partial charge in [-0.25, -0.2) is 0 Å². The molecule has 1 rings (SSSR count). The van der Waals surface area contributed by atoms with E-state index in [-0.39, 0.29) is 6.10 Å². The molecule has 0 saturated heterocycles. The molecule has 0 spiro atoms. The minimum absolute atomic E-state index is 0.168. The third kappa shape index (κ3) is 7.36. The molecule has 116 valence electrons. The molecule has 0 radical (unpaired) electrons. The lowest BCUT2D eigenvalue weighted by molar-refractivity contribution is -0.00925. The van der Waals surface area contributed by atoms with E-state index in [9.17, 15) is 10.2 Å². The van der Waals surface area contributed by atoms with Gasteiger partial charge in [0.1, 0.15) is 0 Å². The van der Waals surface area contributed by atoms with E-state index in [1.807, 2.05) is 23.8 Å². The normalized spacial score (nSPS) is 16.3. The fraction of sp³-hybridized carbons (Fsp3) is 0.733. The van der Waals surface area contributed by atoms with Crippen LogP contribution in [0.15, 0.2) is 16.8 Å². The van der Waals surface area contributed by atoms with Gasteiger partial charge >= 0.3 is 0 Å². The fourth-order valence-electron chi connectivity index (χ4n) is 2.04. The minimum atomic E-state index is -0.542. The Hall–Kier alpha value is -0.460. The molecule has 3 unspecified atom stereocenters. The van der Waals surface area contributed by atoms with Gasteiger partial charge < -0.3 is 20.3 Å². The third-order valence-electron chi connectivity index (χ3n) is 3.02. The van der Waals surface area contributed by atoms with E-state index in [4.69, 9.17) is 4.74 Å². The molecular weight excluding hydrogens is 274 g/mol. The highest BCUT2D eigenvalue weighted by Gasteiger charge is 2.11. The minimum Gasteiger partial charge on any atom is -0.389 e. The molecule has 0 aliphatic rings. The highest BCUT2D eigenvalue weighted by Crippen LogP contribution is 2.15. The first kappa shape index (κ1) is 17.6. The van der Waals surface area contributed by atoms with Crippen molar-refractivity contribution in [3.05, 3.63) is 22.4 Å². The van der Waals surface area contributed by atoms with Crippen molar-refractivity contribution in [3.63, 3.8) is 0 Å². The van der Waals surface area contributed by atoms with Gasteiger partial charge in [-0.05, 0) is 41.7 Å². The Morgan fingerprint density at radius 3 is 2.60 bits per heavy atom. The molecule has 3 N–H and O–H groups in total. The quantitative estimate of drug-likeness (QED) is 0.620. The first-order valence-electron chi connectivity index (χ1n) is 7.19. The van der Waals surface area contributed by atoms with Crippen molar-refractivity contribution in [3.8, 4) is 0 Å². The Bertz CT molecular complexity index is 343. The summed E-state index contributed by atoms with van der Waals surface area (Å²) < 4.78 is 5.59. The Kier molecular flexibility index (Phi) is 8.33. The first-order valence-corrected chi connectivity index (χ1v) is 8.13. The van der Waals surface area contributed by atoms with Crippen molar-refractivity contribution in [2.24, 2.45) is 5.92 Å². The molecule has 1 aromatic rings. The topological polar surface area (TPSA) is 61.7 Å². The van der Waals surface area contributed by atoms with Gasteiger partial charge in [-0.3, -0.25) is 0 Å². The molecule has 20 heavy (non-hydrogen) atoms. The van der Waals surface area contributed by atoms with E-state index in [1.165, 1.54) is 0 Å². The van der Waals surface area contributed by atoms with Crippen molar-refractivity contribution in [1.82, 2.24) is 5.32 Å². The molecule has 1 aromatic heterocycles. The summed E-state index contributed by atoms with van der Waals surface area (Å²) in [5.41, 5.74) is 0.916. The SMILES string of the molecule is CC(C)CC(C)OCC(O)CNCC(O)c1ccsc1. The Balaban J connectivity index is 2.09. The number of ether oxygens (including phenoxy) is 1. The van der Waals surface area contributed by atoms with Crippen molar-refractivity contribution in [1.29, 1.82) is 0 Å². The number of rotatable bonds is 10. The summed E-state index contributed by atoms with van der Waals surface area (Å²) in [6.07, 6.45) is 0.103. The van der Waals surface area contributed by atoms with Gasteiger partial charge in [0.05, 0.1) is 24.9 Å². The molecule has 0 aromatic carbocycles. The second kappa shape index (κ2) is 9.47. The van der Waals surface area contributed by atoms with Crippen molar-refractivity contribution >= 4 is 11.3 Å². The van der Waals surface area contributed by atoms with Crippen LogP contribution in [0.5, 0.6) is 0 Å². The van der Waals surface area contributed by atoms with Gasteiger partial charge in [-0.2, -0.15) is 11.3 Å². The van der Waals surface area contributed by atoms with E-state index >= 15 is 0 Å². The van der Waals surface area contributed by atoms with Gasteiger partial charge in [0.15, 0.2) is 0 Å². The summed E-state index contributed by atoms with van der Waals surface area (Å²) in [7, 11) is 0. The highest BCUT2D eigenvalue weighted by atomic mass is 32.1. The average Bonchev–Trinajstić information content (AvgIpc) is 2.89. The maximum atomic E-state index is 9.87. The van der Waals surface area contributed by atoms with Gasteiger partial charge in [-0.1, -0.05) is 13.8 Å². The summed E-state index contributed by atoms with van der Waals surface area (Å²) in [5.74, 6) is 0.598. The zero-order valence-corrected chi connectivity index (χ0v) is 13.4. The van der Waals surface area contributed by atoms with Crippen LogP contribution in [0.2, 0.25) is 0 Å². The molecule has 3 atom stereocenters. The summed E-state index contributed by atoms with van der Waals surface area (Å²) >= 11 is 1.57. The highest BCUT2D eigenvalue weighted by molar-refractivity contribution is 7.07. The summed E-state index contributed by atoms with van der Waals surface area (Å²) in [4.78, 5) is 0.